The Morgan fingerprint density at radius 3 is 2.50 bits per heavy atom. The topological polar surface area (TPSA) is 107 Å². The maximum atomic E-state index is 12.7. The summed E-state index contributed by atoms with van der Waals surface area (Å²) in [6.07, 6.45) is -5.30. The van der Waals surface area contributed by atoms with E-state index in [0.717, 1.165) is 16.9 Å². The fraction of sp³-hybridized carbons (Fsp3) is 0.235. The van der Waals surface area contributed by atoms with Crippen molar-refractivity contribution in [3.63, 3.8) is 0 Å². The van der Waals surface area contributed by atoms with Crippen molar-refractivity contribution in [3.8, 4) is 28.9 Å². The molecule has 2 aromatic heterocycles. The van der Waals surface area contributed by atoms with Crippen LogP contribution in [0.3, 0.4) is 0 Å². The Hall–Kier alpha value is -3.68. The van der Waals surface area contributed by atoms with Gasteiger partial charge in [-0.05, 0) is 38.1 Å². The molecule has 0 amide bonds. The second kappa shape index (κ2) is 7.15. The number of aryl methyl sites for hydroxylation is 1. The third-order valence-corrected chi connectivity index (χ3v) is 3.79. The zero-order chi connectivity index (χ0) is 20.5. The molecule has 0 aliphatic carbocycles. The second-order valence-electron chi connectivity index (χ2n) is 5.66. The third-order valence-electron chi connectivity index (χ3n) is 3.79. The molecular weight excluding hydrogens is 379 g/mol. The van der Waals surface area contributed by atoms with Crippen LogP contribution in [0.15, 0.2) is 28.7 Å². The number of carbonyl (C=O) groups is 1. The molecule has 144 valence electrons. The number of nitrogens with zero attached hydrogens (tertiary/aromatic N) is 5. The van der Waals surface area contributed by atoms with Crippen LogP contribution in [0.4, 0.5) is 13.2 Å². The minimum absolute atomic E-state index is 0.0665. The summed E-state index contributed by atoms with van der Waals surface area (Å²) in [4.78, 5) is 15.7. The van der Waals surface area contributed by atoms with Gasteiger partial charge in [0.05, 0.1) is 5.56 Å². The number of hydrogen-bond acceptors (Lipinski definition) is 7. The molecule has 0 N–H and O–H groups in total. The smallest absolute Gasteiger partial charge is 0.416 e. The van der Waals surface area contributed by atoms with E-state index in [1.807, 2.05) is 6.07 Å². The Labute approximate surface area is 156 Å². The molecule has 1 aromatic carbocycles. The van der Waals surface area contributed by atoms with Gasteiger partial charge in [-0.2, -0.15) is 18.4 Å². The summed E-state index contributed by atoms with van der Waals surface area (Å²) in [5.41, 5.74) is -0.236. The van der Waals surface area contributed by atoms with E-state index < -0.39 is 18.0 Å². The maximum absolute atomic E-state index is 12.7. The molecule has 0 spiro atoms. The second-order valence-corrected chi connectivity index (χ2v) is 5.66. The molecule has 0 aliphatic heterocycles. The minimum Gasteiger partial charge on any atom is -0.441 e. The van der Waals surface area contributed by atoms with Crippen molar-refractivity contribution < 1.29 is 27.1 Å². The van der Waals surface area contributed by atoms with E-state index in [1.165, 1.54) is 19.1 Å². The molecule has 0 radical (unpaired) electrons. The van der Waals surface area contributed by atoms with Crippen LogP contribution in [0.25, 0.3) is 22.8 Å². The Morgan fingerprint density at radius 1 is 1.25 bits per heavy atom. The Balaban J connectivity index is 1.99. The SMILES string of the molecule is Cc1oc(-c2ccc(C(F)(F)F)cc2)nc1-c1nn(C(C)OC=O)nc1C#N. The van der Waals surface area contributed by atoms with E-state index in [4.69, 9.17) is 9.15 Å². The van der Waals surface area contributed by atoms with E-state index >= 15 is 0 Å². The summed E-state index contributed by atoms with van der Waals surface area (Å²) >= 11 is 0. The number of rotatable bonds is 5. The first-order chi connectivity index (χ1) is 13.2. The number of carbonyl (C=O) groups excluding carboxylic acids is 1. The molecule has 0 fully saturated rings. The first-order valence-corrected chi connectivity index (χ1v) is 7.86. The highest BCUT2D eigenvalue weighted by Gasteiger charge is 2.30. The Bertz CT molecular complexity index is 1050. The van der Waals surface area contributed by atoms with Gasteiger partial charge >= 0.3 is 6.18 Å². The van der Waals surface area contributed by atoms with E-state index in [9.17, 15) is 23.2 Å². The number of oxazole rings is 1. The van der Waals surface area contributed by atoms with Crippen molar-refractivity contribution in [2.45, 2.75) is 26.3 Å². The lowest BCUT2D eigenvalue weighted by Gasteiger charge is -2.06. The first-order valence-electron chi connectivity index (χ1n) is 7.86. The van der Waals surface area contributed by atoms with Crippen LogP contribution in [0, 0.1) is 18.3 Å². The summed E-state index contributed by atoms with van der Waals surface area (Å²) in [5, 5.41) is 17.3. The van der Waals surface area contributed by atoms with Gasteiger partial charge < -0.3 is 9.15 Å². The number of halogens is 3. The number of alkyl halides is 3. The molecule has 1 atom stereocenters. The van der Waals surface area contributed by atoms with Crippen molar-refractivity contribution in [2.75, 3.05) is 0 Å². The molecule has 0 saturated carbocycles. The highest BCUT2D eigenvalue weighted by Crippen LogP contribution is 2.33. The van der Waals surface area contributed by atoms with E-state index in [2.05, 4.69) is 15.2 Å². The highest BCUT2D eigenvalue weighted by atomic mass is 19.4. The van der Waals surface area contributed by atoms with Crippen LogP contribution in [0.1, 0.15) is 30.2 Å². The van der Waals surface area contributed by atoms with Crippen LogP contribution in [-0.2, 0) is 15.7 Å². The molecule has 0 bridgehead atoms. The standard InChI is InChI=1S/C17H12F3N5O3/c1-9-14(15-13(7-21)23-25(24-15)10(2)27-8-26)22-16(28-9)11-3-5-12(6-4-11)17(18,19)20/h3-6,8,10H,1-2H3. The van der Waals surface area contributed by atoms with Crippen LogP contribution in [-0.4, -0.2) is 26.5 Å². The molecule has 11 heteroatoms. The van der Waals surface area contributed by atoms with Crippen LogP contribution >= 0.6 is 0 Å². The number of benzene rings is 1. The van der Waals surface area contributed by atoms with Gasteiger partial charge in [0.15, 0.2) is 11.4 Å². The average Bonchev–Trinajstić information content (AvgIpc) is 3.24. The van der Waals surface area contributed by atoms with Crippen molar-refractivity contribution in [1.82, 2.24) is 20.0 Å². The van der Waals surface area contributed by atoms with Crippen molar-refractivity contribution in [3.05, 3.63) is 41.3 Å². The molecule has 8 nitrogen and oxygen atoms in total. The van der Waals surface area contributed by atoms with Crippen LogP contribution in [0.5, 0.6) is 0 Å². The zero-order valence-corrected chi connectivity index (χ0v) is 14.6. The fourth-order valence-electron chi connectivity index (χ4n) is 2.40. The van der Waals surface area contributed by atoms with Gasteiger partial charge in [-0.3, -0.25) is 4.79 Å². The molecule has 3 rings (SSSR count). The van der Waals surface area contributed by atoms with Gasteiger partial charge in [-0.25, -0.2) is 4.98 Å². The van der Waals surface area contributed by atoms with E-state index in [1.54, 1.807) is 6.92 Å². The van der Waals surface area contributed by atoms with Gasteiger partial charge in [-0.15, -0.1) is 15.0 Å². The lowest BCUT2D eigenvalue weighted by molar-refractivity contribution is -0.138. The predicted octanol–water partition coefficient (Wildman–Crippen LogP) is 3.49. The highest BCUT2D eigenvalue weighted by molar-refractivity contribution is 5.66. The summed E-state index contributed by atoms with van der Waals surface area (Å²) < 4.78 is 48.4. The van der Waals surface area contributed by atoms with E-state index in [-0.39, 0.29) is 29.4 Å². The van der Waals surface area contributed by atoms with E-state index in [0.29, 0.717) is 11.3 Å². The predicted molar refractivity (Wildman–Crippen MR) is 87.3 cm³/mol. The number of ether oxygens (including phenoxy) is 1. The fourth-order valence-corrected chi connectivity index (χ4v) is 2.40. The van der Waals surface area contributed by atoms with Crippen molar-refractivity contribution in [2.24, 2.45) is 0 Å². The lowest BCUT2D eigenvalue weighted by Crippen LogP contribution is -2.11. The monoisotopic (exact) mass is 391 g/mol. The number of hydrogen-bond donors (Lipinski definition) is 0. The maximum Gasteiger partial charge on any atom is 0.416 e. The van der Waals surface area contributed by atoms with Crippen molar-refractivity contribution >= 4 is 6.47 Å². The van der Waals surface area contributed by atoms with Crippen LogP contribution in [0.2, 0.25) is 0 Å². The first kappa shape index (κ1) is 19.1. The molecule has 0 aliphatic rings. The normalized spacial score (nSPS) is 12.4. The summed E-state index contributed by atoms with van der Waals surface area (Å²) in [7, 11) is 0. The van der Waals surface area contributed by atoms with Gasteiger partial charge in [0.2, 0.25) is 12.1 Å². The minimum atomic E-state index is -4.45. The van der Waals surface area contributed by atoms with Gasteiger partial charge in [0.1, 0.15) is 17.5 Å². The molecule has 28 heavy (non-hydrogen) atoms. The zero-order valence-electron chi connectivity index (χ0n) is 14.6. The van der Waals surface area contributed by atoms with Gasteiger partial charge in [-0.1, -0.05) is 0 Å². The average molecular weight is 391 g/mol. The van der Waals surface area contributed by atoms with Gasteiger partial charge in [0.25, 0.3) is 6.47 Å². The molecule has 1 unspecified atom stereocenters. The number of aromatic nitrogens is 4. The number of nitriles is 1. The molecule has 0 saturated heterocycles. The summed E-state index contributed by atoms with van der Waals surface area (Å²) in [5.74, 6) is 0.360. The summed E-state index contributed by atoms with van der Waals surface area (Å²) in [6.45, 7) is 3.30. The Morgan fingerprint density at radius 2 is 1.93 bits per heavy atom. The Kier molecular flexibility index (Phi) is 4.87. The molecular formula is C17H12F3N5O3. The molecule has 2 heterocycles. The van der Waals surface area contributed by atoms with Crippen LogP contribution < -0.4 is 0 Å². The van der Waals surface area contributed by atoms with Crippen molar-refractivity contribution in [1.29, 1.82) is 5.26 Å². The molecule has 3 aromatic rings. The largest absolute Gasteiger partial charge is 0.441 e. The van der Waals surface area contributed by atoms with Gasteiger partial charge in [0, 0.05) is 5.56 Å². The third kappa shape index (κ3) is 3.57. The lowest BCUT2D eigenvalue weighted by atomic mass is 10.1. The quantitative estimate of drug-likeness (QED) is 0.613. The summed E-state index contributed by atoms with van der Waals surface area (Å²) in [6, 6.07) is 6.18.